The zero-order valence-corrected chi connectivity index (χ0v) is 18.4. The second-order valence-electron chi connectivity index (χ2n) is 7.77. The van der Waals surface area contributed by atoms with Gasteiger partial charge < -0.3 is 19.3 Å². The van der Waals surface area contributed by atoms with Crippen LogP contribution in [0, 0.1) is 6.92 Å². The topological polar surface area (TPSA) is 82.3 Å². The molecule has 31 heavy (non-hydrogen) atoms. The summed E-state index contributed by atoms with van der Waals surface area (Å²) in [5.74, 6) is 3.43. The van der Waals surface area contributed by atoms with E-state index in [1.165, 1.54) is 5.56 Å². The van der Waals surface area contributed by atoms with Crippen LogP contribution in [0.2, 0.25) is 0 Å². The van der Waals surface area contributed by atoms with Gasteiger partial charge in [-0.25, -0.2) is 4.98 Å². The summed E-state index contributed by atoms with van der Waals surface area (Å²) in [6, 6.07) is 14.0. The molecule has 0 saturated heterocycles. The smallest absolute Gasteiger partial charge is 0.229 e. The number of hydrogen-bond donors (Lipinski definition) is 1. The average molecular weight is 418 g/mol. The van der Waals surface area contributed by atoms with Gasteiger partial charge >= 0.3 is 0 Å². The first-order chi connectivity index (χ1) is 15.0. The normalized spacial score (nSPS) is 11.2. The number of hydrogen-bond acceptors (Lipinski definition) is 7. The number of nitrogens with one attached hydrogen (secondary N) is 1. The van der Waals surface area contributed by atoms with Crippen molar-refractivity contribution in [3.63, 3.8) is 0 Å². The van der Waals surface area contributed by atoms with Gasteiger partial charge in [0, 0.05) is 23.9 Å². The standard InChI is InChI=1S/C24H26N4O3/c1-14(2)24-27-23(28-31-24)20-11-17-8-15(3)6-7-21(17)26-22(20)25-13-16-9-18(29-4)12-19(10-16)30-5/h6-12,14H,13H2,1-5H3,(H,25,26). The number of pyridine rings is 1. The fraction of sp³-hybridized carbons (Fsp3) is 0.292. The molecule has 2 aromatic heterocycles. The number of rotatable bonds is 7. The summed E-state index contributed by atoms with van der Waals surface area (Å²) in [7, 11) is 3.28. The minimum absolute atomic E-state index is 0.151. The highest BCUT2D eigenvalue weighted by molar-refractivity contribution is 5.88. The minimum atomic E-state index is 0.151. The van der Waals surface area contributed by atoms with Crippen molar-refractivity contribution in [2.45, 2.75) is 33.2 Å². The van der Waals surface area contributed by atoms with Crippen molar-refractivity contribution in [2.75, 3.05) is 19.5 Å². The summed E-state index contributed by atoms with van der Waals surface area (Å²) in [5.41, 5.74) is 3.86. The maximum Gasteiger partial charge on any atom is 0.229 e. The molecule has 0 aliphatic carbocycles. The number of benzene rings is 2. The third-order valence-corrected chi connectivity index (χ3v) is 5.02. The molecule has 7 nitrogen and oxygen atoms in total. The maximum atomic E-state index is 5.44. The van der Waals surface area contributed by atoms with Gasteiger partial charge in [0.2, 0.25) is 11.7 Å². The Morgan fingerprint density at radius 3 is 2.35 bits per heavy atom. The number of aromatic nitrogens is 3. The first kappa shape index (κ1) is 20.7. The number of nitrogens with zero attached hydrogens (tertiary/aromatic N) is 3. The quantitative estimate of drug-likeness (QED) is 0.433. The molecular formula is C24H26N4O3. The number of anilines is 1. The first-order valence-corrected chi connectivity index (χ1v) is 10.2. The van der Waals surface area contributed by atoms with E-state index in [4.69, 9.17) is 19.0 Å². The first-order valence-electron chi connectivity index (χ1n) is 10.2. The molecule has 4 rings (SSSR count). The van der Waals surface area contributed by atoms with E-state index in [-0.39, 0.29) is 5.92 Å². The monoisotopic (exact) mass is 418 g/mol. The van der Waals surface area contributed by atoms with Gasteiger partial charge in [0.1, 0.15) is 17.3 Å². The molecule has 0 atom stereocenters. The Morgan fingerprint density at radius 2 is 1.71 bits per heavy atom. The zero-order valence-electron chi connectivity index (χ0n) is 18.4. The molecule has 1 N–H and O–H groups in total. The van der Waals surface area contributed by atoms with Crippen LogP contribution >= 0.6 is 0 Å². The van der Waals surface area contributed by atoms with Gasteiger partial charge in [-0.1, -0.05) is 30.6 Å². The third-order valence-electron chi connectivity index (χ3n) is 5.02. The molecule has 0 unspecified atom stereocenters. The Labute approximate surface area is 181 Å². The van der Waals surface area contributed by atoms with Gasteiger partial charge in [-0.2, -0.15) is 4.98 Å². The zero-order chi connectivity index (χ0) is 22.0. The van der Waals surface area contributed by atoms with Crippen molar-refractivity contribution in [3.05, 3.63) is 59.5 Å². The Hall–Kier alpha value is -3.61. The van der Waals surface area contributed by atoms with Gasteiger partial charge in [-0.05, 0) is 42.8 Å². The van der Waals surface area contributed by atoms with Crippen LogP contribution in [-0.2, 0) is 6.54 Å². The van der Waals surface area contributed by atoms with E-state index < -0.39 is 0 Å². The fourth-order valence-corrected chi connectivity index (χ4v) is 3.33. The molecule has 0 spiro atoms. The third kappa shape index (κ3) is 4.45. The highest BCUT2D eigenvalue weighted by atomic mass is 16.5. The van der Waals surface area contributed by atoms with E-state index in [9.17, 15) is 0 Å². The van der Waals surface area contributed by atoms with E-state index in [2.05, 4.69) is 40.6 Å². The Bertz CT molecular complexity index is 1190. The molecule has 7 heteroatoms. The highest BCUT2D eigenvalue weighted by Crippen LogP contribution is 2.31. The van der Waals surface area contributed by atoms with Crippen molar-refractivity contribution in [1.82, 2.24) is 15.1 Å². The number of fused-ring (bicyclic) bond motifs is 1. The Morgan fingerprint density at radius 1 is 0.968 bits per heavy atom. The van der Waals surface area contributed by atoms with E-state index in [0.29, 0.717) is 24.1 Å². The summed E-state index contributed by atoms with van der Waals surface area (Å²) in [5, 5.41) is 8.66. The Balaban J connectivity index is 1.74. The van der Waals surface area contributed by atoms with Crippen molar-refractivity contribution in [2.24, 2.45) is 0 Å². The molecule has 4 aromatic rings. The van der Waals surface area contributed by atoms with Gasteiger partial charge in [0.15, 0.2) is 0 Å². The molecule has 2 aromatic carbocycles. The van der Waals surface area contributed by atoms with Crippen LogP contribution in [0.5, 0.6) is 11.5 Å². The van der Waals surface area contributed by atoms with Crippen LogP contribution in [0.1, 0.15) is 36.8 Å². The molecule has 0 saturated carbocycles. The second kappa shape index (κ2) is 8.63. The second-order valence-corrected chi connectivity index (χ2v) is 7.77. The molecule has 0 amide bonds. The molecular weight excluding hydrogens is 392 g/mol. The predicted molar refractivity (Wildman–Crippen MR) is 121 cm³/mol. The lowest BCUT2D eigenvalue weighted by Gasteiger charge is -2.13. The van der Waals surface area contributed by atoms with Crippen LogP contribution in [0.25, 0.3) is 22.3 Å². The fourth-order valence-electron chi connectivity index (χ4n) is 3.33. The van der Waals surface area contributed by atoms with Crippen molar-refractivity contribution in [3.8, 4) is 22.9 Å². The van der Waals surface area contributed by atoms with E-state index in [1.54, 1.807) is 14.2 Å². The number of ether oxygens (including phenoxy) is 2. The van der Waals surface area contributed by atoms with Crippen molar-refractivity contribution >= 4 is 16.7 Å². The predicted octanol–water partition coefficient (Wildman–Crippen LogP) is 5.35. The summed E-state index contributed by atoms with van der Waals surface area (Å²) in [4.78, 5) is 9.43. The molecule has 0 radical (unpaired) electrons. The van der Waals surface area contributed by atoms with E-state index >= 15 is 0 Å². The van der Waals surface area contributed by atoms with Crippen LogP contribution in [0.15, 0.2) is 47.0 Å². The SMILES string of the molecule is COc1cc(CNc2nc3ccc(C)cc3cc2-c2noc(C(C)C)n2)cc(OC)c1. The average Bonchev–Trinajstić information content (AvgIpc) is 3.27. The maximum absolute atomic E-state index is 5.44. The summed E-state index contributed by atoms with van der Waals surface area (Å²) in [6.07, 6.45) is 0. The molecule has 0 aliphatic rings. The van der Waals surface area contributed by atoms with E-state index in [0.717, 1.165) is 33.5 Å². The highest BCUT2D eigenvalue weighted by Gasteiger charge is 2.17. The Kier molecular flexibility index (Phi) is 5.75. The van der Waals surface area contributed by atoms with Crippen LogP contribution in [0.3, 0.4) is 0 Å². The minimum Gasteiger partial charge on any atom is -0.497 e. The lowest BCUT2D eigenvalue weighted by atomic mass is 10.1. The summed E-state index contributed by atoms with van der Waals surface area (Å²) in [6.45, 7) is 6.63. The molecule has 0 aliphatic heterocycles. The van der Waals surface area contributed by atoms with Gasteiger partial charge in [0.05, 0.1) is 25.3 Å². The van der Waals surface area contributed by atoms with Gasteiger partial charge in [-0.3, -0.25) is 0 Å². The van der Waals surface area contributed by atoms with Gasteiger partial charge in [0.25, 0.3) is 0 Å². The summed E-state index contributed by atoms with van der Waals surface area (Å²) < 4.78 is 16.2. The summed E-state index contributed by atoms with van der Waals surface area (Å²) >= 11 is 0. The van der Waals surface area contributed by atoms with Crippen molar-refractivity contribution in [1.29, 1.82) is 0 Å². The van der Waals surface area contributed by atoms with Crippen LogP contribution in [0.4, 0.5) is 5.82 Å². The molecule has 2 heterocycles. The number of aryl methyl sites for hydroxylation is 1. The van der Waals surface area contributed by atoms with Crippen LogP contribution < -0.4 is 14.8 Å². The lowest BCUT2D eigenvalue weighted by molar-refractivity contribution is 0.365. The largest absolute Gasteiger partial charge is 0.497 e. The number of methoxy groups -OCH3 is 2. The van der Waals surface area contributed by atoms with E-state index in [1.807, 2.05) is 38.1 Å². The molecule has 0 bridgehead atoms. The molecule has 0 fully saturated rings. The van der Waals surface area contributed by atoms with Crippen molar-refractivity contribution < 1.29 is 14.0 Å². The van der Waals surface area contributed by atoms with Gasteiger partial charge in [-0.15, -0.1) is 0 Å². The van der Waals surface area contributed by atoms with Crippen LogP contribution in [-0.4, -0.2) is 29.3 Å². The molecule has 160 valence electrons. The lowest BCUT2D eigenvalue weighted by Crippen LogP contribution is -2.05.